The van der Waals surface area contributed by atoms with Crippen LogP contribution in [0.3, 0.4) is 0 Å². The Morgan fingerprint density at radius 1 is 1.09 bits per heavy atom. The molecule has 0 fully saturated rings. The molecular weight excluding hydrogens is 274 g/mol. The molecule has 1 N–H and O–H groups in total. The van der Waals surface area contributed by atoms with Crippen LogP contribution in [0.5, 0.6) is 5.75 Å². The fourth-order valence-corrected chi connectivity index (χ4v) is 2.92. The van der Waals surface area contributed by atoms with E-state index in [2.05, 4.69) is 11.4 Å². The zero-order chi connectivity index (χ0) is 15.4. The summed E-state index contributed by atoms with van der Waals surface area (Å²) in [6.07, 6.45) is 4.60. The second-order valence-corrected chi connectivity index (χ2v) is 5.75. The van der Waals surface area contributed by atoms with Crippen LogP contribution in [0, 0.1) is 6.92 Å². The van der Waals surface area contributed by atoms with Gasteiger partial charge in [-0.25, -0.2) is 0 Å². The summed E-state index contributed by atoms with van der Waals surface area (Å²) in [5.41, 5.74) is 4.53. The van der Waals surface area contributed by atoms with Gasteiger partial charge in [-0.1, -0.05) is 30.3 Å². The number of fused-ring (bicyclic) bond motifs is 1. The van der Waals surface area contributed by atoms with Crippen molar-refractivity contribution in [2.24, 2.45) is 0 Å². The first kappa shape index (κ1) is 14.6. The Bertz CT molecular complexity index is 679. The van der Waals surface area contributed by atoms with Crippen LogP contribution < -0.4 is 10.1 Å². The van der Waals surface area contributed by atoms with Crippen LogP contribution in [0.2, 0.25) is 0 Å². The molecule has 0 radical (unpaired) electrons. The van der Waals surface area contributed by atoms with Gasteiger partial charge in [0.15, 0.2) is 6.61 Å². The number of nitrogens with one attached hydrogen (secondary N) is 1. The van der Waals surface area contributed by atoms with Crippen molar-refractivity contribution in [1.82, 2.24) is 0 Å². The summed E-state index contributed by atoms with van der Waals surface area (Å²) in [4.78, 5) is 12.1. The molecular formula is C19H21NO2. The first-order valence-corrected chi connectivity index (χ1v) is 7.83. The van der Waals surface area contributed by atoms with Gasteiger partial charge in [0.05, 0.1) is 0 Å². The van der Waals surface area contributed by atoms with Crippen molar-refractivity contribution >= 4 is 11.6 Å². The lowest BCUT2D eigenvalue weighted by Crippen LogP contribution is -2.21. The number of ether oxygens (including phenoxy) is 1. The molecule has 0 spiro atoms. The third kappa shape index (κ3) is 3.30. The molecule has 114 valence electrons. The van der Waals surface area contributed by atoms with Crippen LogP contribution in [-0.4, -0.2) is 12.5 Å². The summed E-state index contributed by atoms with van der Waals surface area (Å²) >= 11 is 0. The van der Waals surface area contributed by atoms with Crippen LogP contribution in [0.1, 0.15) is 29.5 Å². The molecule has 0 aliphatic heterocycles. The van der Waals surface area contributed by atoms with Crippen molar-refractivity contribution in [3.05, 3.63) is 59.2 Å². The molecule has 1 amide bonds. The van der Waals surface area contributed by atoms with E-state index in [-0.39, 0.29) is 12.5 Å². The molecule has 0 saturated heterocycles. The van der Waals surface area contributed by atoms with Crippen molar-refractivity contribution in [1.29, 1.82) is 0 Å². The Kier molecular flexibility index (Phi) is 4.42. The van der Waals surface area contributed by atoms with Gasteiger partial charge in [0.2, 0.25) is 0 Å². The summed E-state index contributed by atoms with van der Waals surface area (Å²) in [7, 11) is 0. The van der Waals surface area contributed by atoms with E-state index in [1.807, 2.05) is 43.3 Å². The summed E-state index contributed by atoms with van der Waals surface area (Å²) in [5, 5.41) is 2.90. The highest BCUT2D eigenvalue weighted by atomic mass is 16.5. The Hall–Kier alpha value is -2.29. The first-order chi connectivity index (χ1) is 10.7. The molecule has 2 aromatic rings. The molecule has 3 nitrogen and oxygen atoms in total. The van der Waals surface area contributed by atoms with E-state index in [1.54, 1.807) is 0 Å². The molecule has 3 rings (SSSR count). The molecule has 2 aromatic carbocycles. The van der Waals surface area contributed by atoms with E-state index in [0.717, 1.165) is 29.8 Å². The van der Waals surface area contributed by atoms with Gasteiger partial charge >= 0.3 is 0 Å². The number of para-hydroxylation sites is 1. The average Bonchev–Trinajstić information content (AvgIpc) is 2.55. The third-order valence-electron chi connectivity index (χ3n) is 4.13. The fraction of sp³-hybridized carbons (Fsp3) is 0.316. The molecule has 0 aromatic heterocycles. The maximum atomic E-state index is 12.1. The second-order valence-electron chi connectivity index (χ2n) is 5.75. The van der Waals surface area contributed by atoms with Crippen molar-refractivity contribution < 1.29 is 9.53 Å². The maximum absolute atomic E-state index is 12.1. The fourth-order valence-electron chi connectivity index (χ4n) is 2.92. The van der Waals surface area contributed by atoms with Crippen molar-refractivity contribution in [3.8, 4) is 5.75 Å². The number of anilines is 1. The van der Waals surface area contributed by atoms with E-state index < -0.39 is 0 Å². The minimum absolute atomic E-state index is 0.0464. The quantitative estimate of drug-likeness (QED) is 0.929. The summed E-state index contributed by atoms with van der Waals surface area (Å²) in [5.74, 6) is 0.736. The lowest BCUT2D eigenvalue weighted by Gasteiger charge is -2.19. The van der Waals surface area contributed by atoms with Gasteiger partial charge in [-0.2, -0.15) is 0 Å². The Morgan fingerprint density at radius 2 is 1.91 bits per heavy atom. The predicted octanol–water partition coefficient (Wildman–Crippen LogP) is 3.89. The Labute approximate surface area is 131 Å². The van der Waals surface area contributed by atoms with E-state index in [9.17, 15) is 4.79 Å². The Morgan fingerprint density at radius 3 is 2.77 bits per heavy atom. The van der Waals surface area contributed by atoms with Crippen LogP contribution in [0.25, 0.3) is 0 Å². The SMILES string of the molecule is Cc1ccccc1NC(=O)COc1cccc2c1CCCC2. The minimum atomic E-state index is -0.122. The van der Waals surface area contributed by atoms with Crippen LogP contribution >= 0.6 is 0 Å². The van der Waals surface area contributed by atoms with Gasteiger partial charge in [0.1, 0.15) is 5.75 Å². The summed E-state index contributed by atoms with van der Waals surface area (Å²) < 4.78 is 5.77. The molecule has 1 aliphatic rings. The largest absolute Gasteiger partial charge is 0.483 e. The van der Waals surface area contributed by atoms with Gasteiger partial charge in [-0.15, -0.1) is 0 Å². The second kappa shape index (κ2) is 6.65. The van der Waals surface area contributed by atoms with Crippen molar-refractivity contribution in [3.63, 3.8) is 0 Å². The third-order valence-corrected chi connectivity index (χ3v) is 4.13. The topological polar surface area (TPSA) is 38.3 Å². The zero-order valence-electron chi connectivity index (χ0n) is 12.9. The molecule has 1 aliphatic carbocycles. The normalized spacial score (nSPS) is 13.3. The van der Waals surface area contributed by atoms with Crippen LogP contribution in [0.4, 0.5) is 5.69 Å². The zero-order valence-corrected chi connectivity index (χ0v) is 12.9. The number of amides is 1. The first-order valence-electron chi connectivity index (χ1n) is 7.83. The molecule has 22 heavy (non-hydrogen) atoms. The van der Waals surface area contributed by atoms with E-state index in [0.29, 0.717) is 0 Å². The highest BCUT2D eigenvalue weighted by Crippen LogP contribution is 2.29. The standard InChI is InChI=1S/C19H21NO2/c1-14-7-2-5-11-17(14)20-19(21)13-22-18-12-6-9-15-8-3-4-10-16(15)18/h2,5-7,9,11-12H,3-4,8,10,13H2,1H3,(H,20,21). The van der Waals surface area contributed by atoms with Gasteiger partial charge in [-0.3, -0.25) is 4.79 Å². The molecule has 0 unspecified atom stereocenters. The predicted molar refractivity (Wildman–Crippen MR) is 88.4 cm³/mol. The van der Waals surface area contributed by atoms with Gasteiger partial charge < -0.3 is 10.1 Å². The van der Waals surface area contributed by atoms with E-state index >= 15 is 0 Å². The number of aryl methyl sites for hydroxylation is 2. The number of carbonyl (C=O) groups is 1. The van der Waals surface area contributed by atoms with Crippen molar-refractivity contribution in [2.45, 2.75) is 32.6 Å². The molecule has 0 bridgehead atoms. The Balaban J connectivity index is 1.63. The number of benzene rings is 2. The average molecular weight is 295 g/mol. The van der Waals surface area contributed by atoms with E-state index in [4.69, 9.17) is 4.74 Å². The lowest BCUT2D eigenvalue weighted by atomic mass is 9.91. The highest BCUT2D eigenvalue weighted by Gasteiger charge is 2.14. The highest BCUT2D eigenvalue weighted by molar-refractivity contribution is 5.92. The van der Waals surface area contributed by atoms with Crippen LogP contribution in [-0.2, 0) is 17.6 Å². The lowest BCUT2D eigenvalue weighted by molar-refractivity contribution is -0.118. The number of carbonyl (C=O) groups excluding carboxylic acids is 1. The maximum Gasteiger partial charge on any atom is 0.262 e. The smallest absolute Gasteiger partial charge is 0.262 e. The number of hydrogen-bond donors (Lipinski definition) is 1. The number of hydrogen-bond acceptors (Lipinski definition) is 2. The minimum Gasteiger partial charge on any atom is -0.483 e. The number of rotatable bonds is 4. The molecule has 3 heteroatoms. The monoisotopic (exact) mass is 295 g/mol. The van der Waals surface area contributed by atoms with Gasteiger partial charge in [-0.05, 0) is 61.4 Å². The molecule has 0 atom stereocenters. The summed E-state index contributed by atoms with van der Waals surface area (Å²) in [6, 6.07) is 13.9. The van der Waals surface area contributed by atoms with E-state index in [1.165, 1.54) is 24.0 Å². The van der Waals surface area contributed by atoms with Crippen LogP contribution in [0.15, 0.2) is 42.5 Å². The molecule has 0 saturated carbocycles. The van der Waals surface area contributed by atoms with Gasteiger partial charge in [0, 0.05) is 5.69 Å². The van der Waals surface area contributed by atoms with Gasteiger partial charge in [0.25, 0.3) is 5.91 Å². The van der Waals surface area contributed by atoms with Crippen molar-refractivity contribution in [2.75, 3.05) is 11.9 Å². The molecule has 0 heterocycles. The summed E-state index contributed by atoms with van der Waals surface area (Å²) in [6.45, 7) is 2.02.